The molecule has 0 aromatic heterocycles. The van der Waals surface area contributed by atoms with Gasteiger partial charge in [0.25, 0.3) is 0 Å². The fourth-order valence-corrected chi connectivity index (χ4v) is 1.91. The molecule has 80 valence electrons. The summed E-state index contributed by atoms with van der Waals surface area (Å²) >= 11 is 0. The summed E-state index contributed by atoms with van der Waals surface area (Å²) in [5, 5.41) is 3.42. The third-order valence-corrected chi connectivity index (χ3v) is 2.70. The van der Waals surface area contributed by atoms with Gasteiger partial charge in [-0.25, -0.2) is 0 Å². The Kier molecular flexibility index (Phi) is 5.66. The molecule has 1 atom stereocenters. The van der Waals surface area contributed by atoms with Gasteiger partial charge >= 0.3 is 0 Å². The van der Waals surface area contributed by atoms with E-state index in [1.165, 1.54) is 38.9 Å². The Labute approximate surface area is 88.1 Å². The molecular weight excluding hydrogens is 172 g/mol. The molecular formula is C12H22N2. The maximum atomic E-state index is 3.42. The van der Waals surface area contributed by atoms with Crippen LogP contribution in [-0.2, 0) is 0 Å². The van der Waals surface area contributed by atoms with Crippen LogP contribution in [0.2, 0.25) is 0 Å². The SMILES string of the molecule is CC#CCNC(C)CN1CCCCC1. The second-order valence-corrected chi connectivity index (χ2v) is 4.07. The molecule has 0 spiro atoms. The molecule has 0 aliphatic carbocycles. The zero-order valence-electron chi connectivity index (χ0n) is 9.47. The first kappa shape index (κ1) is 11.6. The molecule has 1 fully saturated rings. The van der Waals surface area contributed by atoms with Crippen LogP contribution in [0.15, 0.2) is 0 Å². The number of rotatable bonds is 4. The Morgan fingerprint density at radius 3 is 2.64 bits per heavy atom. The summed E-state index contributed by atoms with van der Waals surface area (Å²) in [5.41, 5.74) is 0. The molecule has 0 aromatic carbocycles. The lowest BCUT2D eigenvalue weighted by Crippen LogP contribution is -2.41. The lowest BCUT2D eigenvalue weighted by molar-refractivity contribution is 0.211. The molecule has 0 amide bonds. The lowest BCUT2D eigenvalue weighted by Gasteiger charge is -2.29. The zero-order valence-corrected chi connectivity index (χ0v) is 9.47. The molecule has 1 saturated heterocycles. The Hall–Kier alpha value is -0.520. The van der Waals surface area contributed by atoms with Gasteiger partial charge in [0.2, 0.25) is 0 Å². The normalized spacial score (nSPS) is 19.9. The monoisotopic (exact) mass is 194 g/mol. The van der Waals surface area contributed by atoms with Crippen LogP contribution in [0.5, 0.6) is 0 Å². The van der Waals surface area contributed by atoms with E-state index in [9.17, 15) is 0 Å². The minimum absolute atomic E-state index is 0.564. The van der Waals surface area contributed by atoms with Gasteiger partial charge in [0.1, 0.15) is 0 Å². The van der Waals surface area contributed by atoms with Gasteiger partial charge in [-0.3, -0.25) is 0 Å². The Morgan fingerprint density at radius 1 is 1.29 bits per heavy atom. The van der Waals surface area contributed by atoms with Gasteiger partial charge in [0.15, 0.2) is 0 Å². The van der Waals surface area contributed by atoms with Gasteiger partial charge in [0, 0.05) is 12.6 Å². The van der Waals surface area contributed by atoms with Gasteiger partial charge in [-0.15, -0.1) is 5.92 Å². The topological polar surface area (TPSA) is 15.3 Å². The smallest absolute Gasteiger partial charge is 0.0578 e. The average molecular weight is 194 g/mol. The third-order valence-electron chi connectivity index (χ3n) is 2.70. The minimum atomic E-state index is 0.564. The van der Waals surface area contributed by atoms with E-state index in [0.717, 1.165) is 6.54 Å². The summed E-state index contributed by atoms with van der Waals surface area (Å²) in [6, 6.07) is 0.564. The molecule has 2 nitrogen and oxygen atoms in total. The highest BCUT2D eigenvalue weighted by Crippen LogP contribution is 2.08. The minimum Gasteiger partial charge on any atom is -0.302 e. The van der Waals surface area contributed by atoms with Crippen molar-refractivity contribution in [3.8, 4) is 11.8 Å². The molecule has 0 aromatic rings. The van der Waals surface area contributed by atoms with E-state index in [1.807, 2.05) is 6.92 Å². The van der Waals surface area contributed by atoms with E-state index < -0.39 is 0 Å². The molecule has 1 rings (SSSR count). The second-order valence-electron chi connectivity index (χ2n) is 4.07. The van der Waals surface area contributed by atoms with E-state index in [0.29, 0.717) is 6.04 Å². The molecule has 1 heterocycles. The first-order valence-corrected chi connectivity index (χ1v) is 5.68. The van der Waals surface area contributed by atoms with Gasteiger partial charge in [-0.1, -0.05) is 12.3 Å². The van der Waals surface area contributed by atoms with Crippen molar-refractivity contribution in [1.29, 1.82) is 0 Å². The highest BCUT2D eigenvalue weighted by molar-refractivity contribution is 4.97. The van der Waals surface area contributed by atoms with Crippen molar-refractivity contribution in [2.75, 3.05) is 26.2 Å². The average Bonchev–Trinajstić information content (AvgIpc) is 2.20. The highest BCUT2D eigenvalue weighted by Gasteiger charge is 2.12. The van der Waals surface area contributed by atoms with E-state index in [2.05, 4.69) is 29.0 Å². The van der Waals surface area contributed by atoms with Crippen LogP contribution in [0.1, 0.15) is 33.1 Å². The quantitative estimate of drug-likeness (QED) is 0.682. The van der Waals surface area contributed by atoms with Crippen LogP contribution in [0.25, 0.3) is 0 Å². The number of nitrogens with one attached hydrogen (secondary N) is 1. The van der Waals surface area contributed by atoms with Crippen LogP contribution in [-0.4, -0.2) is 37.1 Å². The molecule has 1 N–H and O–H groups in total. The number of likely N-dealkylation sites (tertiary alicyclic amines) is 1. The summed E-state index contributed by atoms with van der Waals surface area (Å²) in [6.45, 7) is 8.69. The van der Waals surface area contributed by atoms with Crippen LogP contribution in [0.3, 0.4) is 0 Å². The molecule has 1 unspecified atom stereocenters. The van der Waals surface area contributed by atoms with Crippen molar-refractivity contribution in [2.45, 2.75) is 39.2 Å². The van der Waals surface area contributed by atoms with E-state index in [4.69, 9.17) is 0 Å². The summed E-state index contributed by atoms with van der Waals surface area (Å²) in [7, 11) is 0. The van der Waals surface area contributed by atoms with Crippen molar-refractivity contribution >= 4 is 0 Å². The number of piperidine rings is 1. The van der Waals surface area contributed by atoms with Crippen LogP contribution in [0.4, 0.5) is 0 Å². The van der Waals surface area contributed by atoms with Crippen molar-refractivity contribution in [3.63, 3.8) is 0 Å². The van der Waals surface area contributed by atoms with E-state index >= 15 is 0 Å². The highest BCUT2D eigenvalue weighted by atomic mass is 15.1. The Balaban J connectivity index is 2.10. The maximum absolute atomic E-state index is 3.42. The Morgan fingerprint density at radius 2 is 2.00 bits per heavy atom. The summed E-state index contributed by atoms with van der Waals surface area (Å²) in [4.78, 5) is 2.56. The Bertz CT molecular complexity index is 196. The number of hydrogen-bond donors (Lipinski definition) is 1. The fraction of sp³-hybridized carbons (Fsp3) is 0.833. The summed E-state index contributed by atoms with van der Waals surface area (Å²) in [6.07, 6.45) is 4.17. The number of hydrogen-bond acceptors (Lipinski definition) is 2. The predicted octanol–water partition coefficient (Wildman–Crippen LogP) is 1.47. The van der Waals surface area contributed by atoms with Crippen LogP contribution < -0.4 is 5.32 Å². The predicted molar refractivity (Wildman–Crippen MR) is 61.2 cm³/mol. The number of nitrogens with zero attached hydrogens (tertiary/aromatic N) is 1. The second kappa shape index (κ2) is 6.86. The van der Waals surface area contributed by atoms with Crippen molar-refractivity contribution < 1.29 is 0 Å². The standard InChI is InChI=1S/C12H22N2/c1-3-4-8-13-12(2)11-14-9-6-5-7-10-14/h12-13H,5-11H2,1-2H3. The first-order chi connectivity index (χ1) is 6.83. The molecule has 0 bridgehead atoms. The molecule has 1 aliphatic rings. The molecule has 1 aliphatic heterocycles. The molecule has 14 heavy (non-hydrogen) atoms. The van der Waals surface area contributed by atoms with Gasteiger partial charge in [-0.05, 0) is 39.8 Å². The fourth-order valence-electron chi connectivity index (χ4n) is 1.91. The molecule has 0 radical (unpaired) electrons. The maximum Gasteiger partial charge on any atom is 0.0578 e. The first-order valence-electron chi connectivity index (χ1n) is 5.68. The molecule has 2 heteroatoms. The van der Waals surface area contributed by atoms with Crippen LogP contribution >= 0.6 is 0 Å². The van der Waals surface area contributed by atoms with Crippen molar-refractivity contribution in [1.82, 2.24) is 10.2 Å². The van der Waals surface area contributed by atoms with Gasteiger partial charge in [0.05, 0.1) is 6.54 Å². The van der Waals surface area contributed by atoms with Crippen molar-refractivity contribution in [2.24, 2.45) is 0 Å². The lowest BCUT2D eigenvalue weighted by atomic mass is 10.1. The third kappa shape index (κ3) is 4.64. The van der Waals surface area contributed by atoms with Crippen LogP contribution in [0, 0.1) is 11.8 Å². The van der Waals surface area contributed by atoms with Gasteiger partial charge < -0.3 is 10.2 Å². The summed E-state index contributed by atoms with van der Waals surface area (Å²) < 4.78 is 0. The largest absolute Gasteiger partial charge is 0.302 e. The van der Waals surface area contributed by atoms with E-state index in [1.54, 1.807) is 0 Å². The summed E-state index contributed by atoms with van der Waals surface area (Å²) in [5.74, 6) is 5.94. The zero-order chi connectivity index (χ0) is 10.2. The van der Waals surface area contributed by atoms with E-state index in [-0.39, 0.29) is 0 Å². The van der Waals surface area contributed by atoms with Gasteiger partial charge in [-0.2, -0.15) is 0 Å². The van der Waals surface area contributed by atoms with Crippen molar-refractivity contribution in [3.05, 3.63) is 0 Å². The molecule has 0 saturated carbocycles.